The number of alkyl halides is 4. The maximum atomic E-state index is 12.3. The highest BCUT2D eigenvalue weighted by atomic mass is 35.5. The topological polar surface area (TPSA) is 64.6 Å². The molecule has 1 amide bonds. The largest absolute Gasteiger partial charge is 0.573 e. The van der Waals surface area contributed by atoms with Crippen LogP contribution >= 0.6 is 11.6 Å². The van der Waals surface area contributed by atoms with Gasteiger partial charge in [0.15, 0.2) is 5.75 Å². The van der Waals surface area contributed by atoms with Crippen LogP contribution in [0.3, 0.4) is 0 Å². The number of ether oxygens (including phenoxy) is 2. The van der Waals surface area contributed by atoms with Gasteiger partial charge in [-0.25, -0.2) is 4.79 Å². The van der Waals surface area contributed by atoms with Crippen molar-refractivity contribution < 1.29 is 32.2 Å². The SMILES string of the molecule is CCOC(=O)c1ccc(OC(F)(F)F)c(NC(=O)[C@@H](C)Cl)c1. The van der Waals surface area contributed by atoms with Crippen molar-refractivity contribution in [2.24, 2.45) is 0 Å². The molecular formula is C13H13ClF3NO4. The van der Waals surface area contributed by atoms with E-state index in [1.165, 1.54) is 6.92 Å². The summed E-state index contributed by atoms with van der Waals surface area (Å²) in [6.07, 6.45) is -4.95. The molecule has 1 aromatic rings. The number of esters is 1. The summed E-state index contributed by atoms with van der Waals surface area (Å²) in [6.45, 7) is 3.02. The first-order valence-corrected chi connectivity index (χ1v) is 6.59. The predicted octanol–water partition coefficient (Wildman–Crippen LogP) is 3.33. The monoisotopic (exact) mass is 339 g/mol. The van der Waals surface area contributed by atoms with Gasteiger partial charge in [-0.15, -0.1) is 24.8 Å². The quantitative estimate of drug-likeness (QED) is 0.660. The Kier molecular flexibility index (Phi) is 6.04. The van der Waals surface area contributed by atoms with Crippen LogP contribution in [0.5, 0.6) is 5.75 Å². The van der Waals surface area contributed by atoms with Gasteiger partial charge in [-0.2, -0.15) is 0 Å². The lowest BCUT2D eigenvalue weighted by atomic mass is 10.2. The van der Waals surface area contributed by atoms with Crippen molar-refractivity contribution in [2.75, 3.05) is 11.9 Å². The average Bonchev–Trinajstić information content (AvgIpc) is 2.39. The smallest absolute Gasteiger partial charge is 0.462 e. The Morgan fingerprint density at radius 2 is 2.00 bits per heavy atom. The van der Waals surface area contributed by atoms with Gasteiger partial charge >= 0.3 is 12.3 Å². The van der Waals surface area contributed by atoms with E-state index < -0.39 is 29.4 Å². The molecule has 0 fully saturated rings. The highest BCUT2D eigenvalue weighted by molar-refractivity contribution is 6.32. The molecular weight excluding hydrogens is 327 g/mol. The van der Waals surface area contributed by atoms with Gasteiger partial charge in [0.05, 0.1) is 17.9 Å². The van der Waals surface area contributed by atoms with E-state index in [-0.39, 0.29) is 17.9 Å². The lowest BCUT2D eigenvalue weighted by Crippen LogP contribution is -2.23. The Hall–Kier alpha value is -1.96. The Morgan fingerprint density at radius 3 is 2.50 bits per heavy atom. The Bertz CT molecular complexity index is 561. The fourth-order valence-corrected chi connectivity index (χ4v) is 1.47. The number of rotatable bonds is 5. The van der Waals surface area contributed by atoms with Gasteiger partial charge in [-0.3, -0.25) is 4.79 Å². The van der Waals surface area contributed by atoms with Crippen LogP contribution in [0.25, 0.3) is 0 Å². The van der Waals surface area contributed by atoms with E-state index in [0.717, 1.165) is 18.2 Å². The molecule has 0 heterocycles. The van der Waals surface area contributed by atoms with E-state index >= 15 is 0 Å². The third kappa shape index (κ3) is 5.44. The number of carbonyl (C=O) groups is 2. The van der Waals surface area contributed by atoms with E-state index in [9.17, 15) is 22.8 Å². The van der Waals surface area contributed by atoms with Crippen LogP contribution in [0.2, 0.25) is 0 Å². The minimum atomic E-state index is -4.95. The third-order valence-corrected chi connectivity index (χ3v) is 2.53. The molecule has 0 aliphatic rings. The normalized spacial score (nSPS) is 12.5. The second kappa shape index (κ2) is 7.35. The molecule has 1 N–H and O–H groups in total. The molecule has 0 saturated carbocycles. The summed E-state index contributed by atoms with van der Waals surface area (Å²) in [7, 11) is 0. The van der Waals surface area contributed by atoms with Crippen LogP contribution in [0, 0.1) is 0 Å². The van der Waals surface area contributed by atoms with E-state index in [4.69, 9.17) is 16.3 Å². The number of carbonyl (C=O) groups excluding carboxylic acids is 2. The van der Waals surface area contributed by atoms with Gasteiger partial charge in [0.25, 0.3) is 0 Å². The molecule has 0 spiro atoms. The van der Waals surface area contributed by atoms with Gasteiger partial charge in [0, 0.05) is 0 Å². The van der Waals surface area contributed by atoms with Gasteiger partial charge in [-0.1, -0.05) is 0 Å². The molecule has 22 heavy (non-hydrogen) atoms. The second-order valence-corrected chi connectivity index (χ2v) is 4.74. The molecule has 0 saturated heterocycles. The zero-order chi connectivity index (χ0) is 16.9. The van der Waals surface area contributed by atoms with Crippen molar-refractivity contribution >= 4 is 29.2 Å². The first-order chi connectivity index (χ1) is 10.1. The highest BCUT2D eigenvalue weighted by Gasteiger charge is 2.32. The first kappa shape index (κ1) is 18.1. The van der Waals surface area contributed by atoms with Crippen LogP contribution in [0.15, 0.2) is 18.2 Å². The van der Waals surface area contributed by atoms with Gasteiger partial charge in [0.1, 0.15) is 5.38 Å². The molecule has 0 aromatic heterocycles. The van der Waals surface area contributed by atoms with Crippen LogP contribution < -0.4 is 10.1 Å². The van der Waals surface area contributed by atoms with Crippen LogP contribution in [0.1, 0.15) is 24.2 Å². The van der Waals surface area contributed by atoms with Crippen molar-refractivity contribution in [2.45, 2.75) is 25.6 Å². The summed E-state index contributed by atoms with van der Waals surface area (Å²) >= 11 is 5.55. The minimum Gasteiger partial charge on any atom is -0.462 e. The van der Waals surface area contributed by atoms with E-state index in [2.05, 4.69) is 10.1 Å². The molecule has 1 aromatic carbocycles. The van der Waals surface area contributed by atoms with Crippen molar-refractivity contribution in [1.82, 2.24) is 0 Å². The molecule has 1 atom stereocenters. The van der Waals surface area contributed by atoms with Gasteiger partial charge in [-0.05, 0) is 32.0 Å². The van der Waals surface area contributed by atoms with Crippen molar-refractivity contribution in [3.63, 3.8) is 0 Å². The third-order valence-electron chi connectivity index (χ3n) is 2.34. The summed E-state index contributed by atoms with van der Waals surface area (Å²) in [4.78, 5) is 23.1. The number of hydrogen-bond acceptors (Lipinski definition) is 4. The van der Waals surface area contributed by atoms with Crippen LogP contribution in [-0.4, -0.2) is 30.2 Å². The molecule has 5 nitrogen and oxygen atoms in total. The predicted molar refractivity (Wildman–Crippen MR) is 73.0 cm³/mol. The Balaban J connectivity index is 3.16. The lowest BCUT2D eigenvalue weighted by Gasteiger charge is -2.15. The number of hydrogen-bond donors (Lipinski definition) is 1. The number of nitrogens with one attached hydrogen (secondary N) is 1. The van der Waals surface area contributed by atoms with Crippen molar-refractivity contribution in [3.05, 3.63) is 23.8 Å². The van der Waals surface area contributed by atoms with Crippen molar-refractivity contribution in [1.29, 1.82) is 0 Å². The summed E-state index contributed by atoms with van der Waals surface area (Å²) in [6, 6.07) is 3.03. The summed E-state index contributed by atoms with van der Waals surface area (Å²) in [5.41, 5.74) is -0.366. The standard InChI is InChI=1S/C13H13ClF3NO4/c1-3-21-12(20)8-4-5-10(22-13(15,16)17)9(6-8)18-11(19)7(2)14/h4-7H,3H2,1-2H3,(H,18,19)/t7-/m1/s1. The summed E-state index contributed by atoms with van der Waals surface area (Å²) in [5.74, 6) is -2.14. The zero-order valence-electron chi connectivity index (χ0n) is 11.7. The highest BCUT2D eigenvalue weighted by Crippen LogP contribution is 2.31. The fourth-order valence-electron chi connectivity index (χ4n) is 1.41. The zero-order valence-corrected chi connectivity index (χ0v) is 12.4. The fraction of sp³-hybridized carbons (Fsp3) is 0.385. The Labute approximate surface area is 129 Å². The molecule has 0 bridgehead atoms. The maximum Gasteiger partial charge on any atom is 0.573 e. The van der Waals surface area contributed by atoms with Crippen LogP contribution in [-0.2, 0) is 9.53 Å². The summed E-state index contributed by atoms with van der Waals surface area (Å²) < 4.78 is 45.6. The lowest BCUT2D eigenvalue weighted by molar-refractivity contribution is -0.274. The van der Waals surface area contributed by atoms with Gasteiger partial charge in [0.2, 0.25) is 5.91 Å². The van der Waals surface area contributed by atoms with Crippen molar-refractivity contribution in [3.8, 4) is 5.75 Å². The molecule has 1 rings (SSSR count). The number of halogens is 4. The molecule has 122 valence electrons. The second-order valence-electron chi connectivity index (χ2n) is 4.08. The van der Waals surface area contributed by atoms with Gasteiger partial charge < -0.3 is 14.8 Å². The number of amides is 1. The molecule has 0 aliphatic carbocycles. The van der Waals surface area contributed by atoms with E-state index in [1.54, 1.807) is 6.92 Å². The molecule has 0 aliphatic heterocycles. The molecule has 0 radical (unpaired) electrons. The Morgan fingerprint density at radius 1 is 1.36 bits per heavy atom. The van der Waals surface area contributed by atoms with E-state index in [1.807, 2.05) is 0 Å². The maximum absolute atomic E-state index is 12.3. The van der Waals surface area contributed by atoms with E-state index in [0.29, 0.717) is 0 Å². The number of benzene rings is 1. The molecule has 0 unspecified atom stereocenters. The first-order valence-electron chi connectivity index (χ1n) is 6.16. The average molecular weight is 340 g/mol. The number of anilines is 1. The minimum absolute atomic E-state index is 0.0334. The molecule has 9 heteroatoms. The van der Waals surface area contributed by atoms with Crippen LogP contribution in [0.4, 0.5) is 18.9 Å². The summed E-state index contributed by atoms with van der Waals surface area (Å²) in [5, 5.41) is 1.18.